The Hall–Kier alpha value is -1.06. The number of likely N-dealkylation sites (N-methyl/N-ethyl adjacent to an activating group) is 1. The van der Waals surface area contributed by atoms with Crippen molar-refractivity contribution in [1.82, 2.24) is 5.32 Å². The van der Waals surface area contributed by atoms with Crippen molar-refractivity contribution in [2.75, 3.05) is 32.1 Å². The largest absolute Gasteiger partial charge is 0.391 e. The summed E-state index contributed by atoms with van der Waals surface area (Å²) in [6.45, 7) is 5.72. The van der Waals surface area contributed by atoms with Gasteiger partial charge in [0.1, 0.15) is 0 Å². The first-order chi connectivity index (χ1) is 8.04. The summed E-state index contributed by atoms with van der Waals surface area (Å²) >= 11 is 0. The molecule has 0 fully saturated rings. The molecule has 0 aliphatic heterocycles. The van der Waals surface area contributed by atoms with E-state index >= 15 is 0 Å². The summed E-state index contributed by atoms with van der Waals surface area (Å²) in [5.41, 5.74) is 3.70. The molecule has 0 heterocycles. The molecule has 1 unspecified atom stereocenters. The molecule has 3 nitrogen and oxygen atoms in total. The number of aliphatic hydroxyl groups is 1. The molecule has 2 N–H and O–H groups in total. The predicted molar refractivity (Wildman–Crippen MR) is 73.7 cm³/mol. The fourth-order valence-electron chi connectivity index (χ4n) is 1.95. The maximum atomic E-state index is 9.89. The van der Waals surface area contributed by atoms with E-state index in [1.165, 1.54) is 16.8 Å². The standard InChI is InChI=1S/C14H24N2O/c1-11-5-6-12(2)14(9-11)16(4)10-13(17)7-8-15-3/h5-6,9,13,15,17H,7-8,10H2,1-4H3. The van der Waals surface area contributed by atoms with Crippen molar-refractivity contribution >= 4 is 5.69 Å². The number of aliphatic hydroxyl groups excluding tert-OH is 1. The minimum atomic E-state index is -0.285. The summed E-state index contributed by atoms with van der Waals surface area (Å²) < 4.78 is 0. The first-order valence-electron chi connectivity index (χ1n) is 6.15. The number of nitrogens with zero attached hydrogens (tertiary/aromatic N) is 1. The monoisotopic (exact) mass is 236 g/mol. The van der Waals surface area contributed by atoms with Gasteiger partial charge < -0.3 is 15.3 Å². The van der Waals surface area contributed by atoms with E-state index in [4.69, 9.17) is 0 Å². The SMILES string of the molecule is CNCCC(O)CN(C)c1cc(C)ccc1C. The van der Waals surface area contributed by atoms with Crippen LogP contribution in [0.2, 0.25) is 0 Å². The number of benzene rings is 1. The van der Waals surface area contributed by atoms with Gasteiger partial charge in [0.15, 0.2) is 0 Å². The van der Waals surface area contributed by atoms with E-state index in [0.29, 0.717) is 6.54 Å². The molecule has 0 aliphatic rings. The van der Waals surface area contributed by atoms with Gasteiger partial charge in [0, 0.05) is 19.3 Å². The number of nitrogens with one attached hydrogen (secondary N) is 1. The molecule has 1 aromatic rings. The zero-order valence-corrected chi connectivity index (χ0v) is 11.3. The van der Waals surface area contributed by atoms with Crippen LogP contribution >= 0.6 is 0 Å². The lowest BCUT2D eigenvalue weighted by molar-refractivity contribution is 0.171. The van der Waals surface area contributed by atoms with Crippen LogP contribution in [0.4, 0.5) is 5.69 Å². The second-order valence-corrected chi connectivity index (χ2v) is 4.72. The summed E-state index contributed by atoms with van der Waals surface area (Å²) in [5, 5.41) is 12.9. The molecular formula is C14H24N2O. The van der Waals surface area contributed by atoms with E-state index in [0.717, 1.165) is 13.0 Å². The van der Waals surface area contributed by atoms with E-state index < -0.39 is 0 Å². The van der Waals surface area contributed by atoms with E-state index in [1.54, 1.807) is 0 Å². The summed E-state index contributed by atoms with van der Waals surface area (Å²) in [6, 6.07) is 6.41. The van der Waals surface area contributed by atoms with E-state index in [-0.39, 0.29) is 6.10 Å². The van der Waals surface area contributed by atoms with Gasteiger partial charge >= 0.3 is 0 Å². The van der Waals surface area contributed by atoms with Crippen LogP contribution in [0.3, 0.4) is 0 Å². The second-order valence-electron chi connectivity index (χ2n) is 4.72. The Morgan fingerprint density at radius 1 is 1.35 bits per heavy atom. The molecule has 0 spiro atoms. The minimum Gasteiger partial charge on any atom is -0.391 e. The highest BCUT2D eigenvalue weighted by molar-refractivity contribution is 5.54. The lowest BCUT2D eigenvalue weighted by atomic mass is 10.1. The van der Waals surface area contributed by atoms with Crippen molar-refractivity contribution in [3.63, 3.8) is 0 Å². The van der Waals surface area contributed by atoms with Crippen LogP contribution in [-0.4, -0.2) is 38.4 Å². The second kappa shape index (κ2) is 6.62. The van der Waals surface area contributed by atoms with Gasteiger partial charge in [-0.1, -0.05) is 12.1 Å². The molecule has 17 heavy (non-hydrogen) atoms. The van der Waals surface area contributed by atoms with Crippen molar-refractivity contribution in [3.8, 4) is 0 Å². The zero-order valence-electron chi connectivity index (χ0n) is 11.3. The molecular weight excluding hydrogens is 212 g/mol. The molecule has 0 aromatic heterocycles. The lowest BCUT2D eigenvalue weighted by Crippen LogP contribution is -2.31. The Kier molecular flexibility index (Phi) is 5.45. The maximum Gasteiger partial charge on any atom is 0.0727 e. The van der Waals surface area contributed by atoms with Crippen molar-refractivity contribution < 1.29 is 5.11 Å². The molecule has 1 rings (SSSR count). The van der Waals surface area contributed by atoms with Crippen molar-refractivity contribution in [2.24, 2.45) is 0 Å². The Balaban J connectivity index is 2.62. The molecule has 0 amide bonds. The topological polar surface area (TPSA) is 35.5 Å². The molecule has 96 valence electrons. The Bertz CT molecular complexity index is 352. The summed E-state index contributed by atoms with van der Waals surface area (Å²) in [4.78, 5) is 2.13. The van der Waals surface area contributed by atoms with Gasteiger partial charge in [0.2, 0.25) is 0 Å². The van der Waals surface area contributed by atoms with Crippen LogP contribution in [0.15, 0.2) is 18.2 Å². The highest BCUT2D eigenvalue weighted by atomic mass is 16.3. The number of rotatable bonds is 6. The van der Waals surface area contributed by atoms with Crippen LogP contribution in [-0.2, 0) is 0 Å². The molecule has 1 aromatic carbocycles. The van der Waals surface area contributed by atoms with Crippen LogP contribution in [0, 0.1) is 13.8 Å². The Morgan fingerprint density at radius 3 is 2.71 bits per heavy atom. The van der Waals surface area contributed by atoms with Crippen LogP contribution in [0.1, 0.15) is 17.5 Å². The van der Waals surface area contributed by atoms with E-state index in [1.807, 2.05) is 14.1 Å². The summed E-state index contributed by atoms with van der Waals surface area (Å²) in [7, 11) is 3.94. The van der Waals surface area contributed by atoms with Gasteiger partial charge in [0.05, 0.1) is 6.10 Å². The molecule has 0 bridgehead atoms. The highest BCUT2D eigenvalue weighted by Crippen LogP contribution is 2.20. The lowest BCUT2D eigenvalue weighted by Gasteiger charge is -2.24. The quantitative estimate of drug-likeness (QED) is 0.789. The predicted octanol–water partition coefficient (Wildman–Crippen LogP) is 1.71. The molecule has 0 radical (unpaired) electrons. The molecule has 0 saturated carbocycles. The molecule has 1 atom stereocenters. The molecule has 0 saturated heterocycles. The van der Waals surface area contributed by atoms with Gasteiger partial charge in [-0.2, -0.15) is 0 Å². The summed E-state index contributed by atoms with van der Waals surface area (Å²) in [6.07, 6.45) is 0.499. The van der Waals surface area contributed by atoms with Gasteiger partial charge in [-0.15, -0.1) is 0 Å². The average molecular weight is 236 g/mol. The summed E-state index contributed by atoms with van der Waals surface area (Å²) in [5.74, 6) is 0. The van der Waals surface area contributed by atoms with Gasteiger partial charge in [-0.3, -0.25) is 0 Å². The van der Waals surface area contributed by atoms with Crippen LogP contribution in [0.5, 0.6) is 0 Å². The van der Waals surface area contributed by atoms with Gasteiger partial charge in [-0.05, 0) is 51.1 Å². The van der Waals surface area contributed by atoms with Crippen LogP contribution < -0.4 is 10.2 Å². The van der Waals surface area contributed by atoms with Crippen molar-refractivity contribution in [1.29, 1.82) is 0 Å². The van der Waals surface area contributed by atoms with Crippen molar-refractivity contribution in [2.45, 2.75) is 26.4 Å². The van der Waals surface area contributed by atoms with E-state index in [9.17, 15) is 5.11 Å². The average Bonchev–Trinajstić information content (AvgIpc) is 2.29. The Labute approximate surface area is 104 Å². The Morgan fingerprint density at radius 2 is 2.06 bits per heavy atom. The van der Waals surface area contributed by atoms with E-state index in [2.05, 4.69) is 42.3 Å². The van der Waals surface area contributed by atoms with Gasteiger partial charge in [-0.25, -0.2) is 0 Å². The number of aryl methyl sites for hydroxylation is 2. The van der Waals surface area contributed by atoms with Gasteiger partial charge in [0.25, 0.3) is 0 Å². The first kappa shape index (κ1) is 14.0. The smallest absolute Gasteiger partial charge is 0.0727 e. The molecule has 3 heteroatoms. The normalized spacial score (nSPS) is 12.5. The number of anilines is 1. The third-order valence-electron chi connectivity index (χ3n) is 2.99. The number of hydrogen-bond acceptors (Lipinski definition) is 3. The van der Waals surface area contributed by atoms with Crippen molar-refractivity contribution in [3.05, 3.63) is 29.3 Å². The third-order valence-corrected chi connectivity index (χ3v) is 2.99. The molecule has 0 aliphatic carbocycles. The number of hydrogen-bond donors (Lipinski definition) is 2. The van der Waals surface area contributed by atoms with Crippen LogP contribution in [0.25, 0.3) is 0 Å². The first-order valence-corrected chi connectivity index (χ1v) is 6.15. The fraction of sp³-hybridized carbons (Fsp3) is 0.571. The highest BCUT2D eigenvalue weighted by Gasteiger charge is 2.10. The fourth-order valence-corrected chi connectivity index (χ4v) is 1.95. The maximum absolute atomic E-state index is 9.89. The third kappa shape index (κ3) is 4.36. The zero-order chi connectivity index (χ0) is 12.8. The minimum absolute atomic E-state index is 0.285.